The number of hydrogen-bond acceptors (Lipinski definition) is 4. The van der Waals surface area contributed by atoms with Gasteiger partial charge in [-0.25, -0.2) is 0 Å². The van der Waals surface area contributed by atoms with Gasteiger partial charge >= 0.3 is 0 Å². The van der Waals surface area contributed by atoms with Crippen molar-refractivity contribution in [1.82, 2.24) is 10.2 Å². The van der Waals surface area contributed by atoms with Gasteiger partial charge in [0, 0.05) is 30.6 Å². The molecule has 2 fully saturated rings. The van der Waals surface area contributed by atoms with E-state index in [1.807, 2.05) is 16.7 Å². The van der Waals surface area contributed by atoms with E-state index in [4.69, 9.17) is 0 Å². The first-order valence-electron chi connectivity index (χ1n) is 5.48. The molecule has 6 heteroatoms. The molecular weight excluding hydrogens is 248 g/mol. The van der Waals surface area contributed by atoms with E-state index in [9.17, 15) is 9.90 Å². The van der Waals surface area contributed by atoms with Gasteiger partial charge < -0.3 is 15.3 Å². The second kappa shape index (κ2) is 6.10. The number of carbonyl (C=O) groups is 1. The van der Waals surface area contributed by atoms with Crippen molar-refractivity contribution in [2.45, 2.75) is 30.7 Å². The van der Waals surface area contributed by atoms with Crippen molar-refractivity contribution in [3.8, 4) is 0 Å². The highest BCUT2D eigenvalue weighted by Crippen LogP contribution is 2.19. The molecule has 0 spiro atoms. The van der Waals surface area contributed by atoms with Crippen molar-refractivity contribution in [3.63, 3.8) is 0 Å². The Morgan fingerprint density at radius 2 is 2.31 bits per heavy atom. The van der Waals surface area contributed by atoms with Crippen LogP contribution in [0.4, 0.5) is 0 Å². The molecule has 0 radical (unpaired) electrons. The van der Waals surface area contributed by atoms with Gasteiger partial charge in [0.1, 0.15) is 0 Å². The first-order chi connectivity index (χ1) is 7.16. The summed E-state index contributed by atoms with van der Waals surface area (Å²) in [5.41, 5.74) is 0. The lowest BCUT2D eigenvalue weighted by Gasteiger charge is -2.32. The molecular formula is C10H19ClN2O2S. The maximum Gasteiger partial charge on any atom is 0.239 e. The van der Waals surface area contributed by atoms with Crippen molar-refractivity contribution in [3.05, 3.63) is 0 Å². The van der Waals surface area contributed by atoms with E-state index < -0.39 is 0 Å². The average Bonchev–Trinajstić information content (AvgIpc) is 2.64. The second-order valence-electron chi connectivity index (χ2n) is 4.32. The maximum absolute atomic E-state index is 12.0. The Hall–Kier alpha value is 0.0300. The number of aliphatic hydroxyl groups excluding tert-OH is 1. The van der Waals surface area contributed by atoms with Crippen LogP contribution >= 0.6 is 24.2 Å². The van der Waals surface area contributed by atoms with E-state index in [1.165, 1.54) is 0 Å². The van der Waals surface area contributed by atoms with E-state index >= 15 is 0 Å². The highest BCUT2D eigenvalue weighted by molar-refractivity contribution is 7.99. The number of amides is 1. The van der Waals surface area contributed by atoms with Gasteiger partial charge in [-0.3, -0.25) is 4.79 Å². The summed E-state index contributed by atoms with van der Waals surface area (Å²) in [6.07, 6.45) is 0.215. The summed E-state index contributed by atoms with van der Waals surface area (Å²) < 4.78 is 0. The fourth-order valence-electron chi connectivity index (χ4n) is 2.14. The van der Waals surface area contributed by atoms with Crippen LogP contribution in [0.2, 0.25) is 0 Å². The lowest BCUT2D eigenvalue weighted by Crippen LogP contribution is -2.48. The number of rotatable bonds is 1. The highest BCUT2D eigenvalue weighted by atomic mass is 35.5. The quantitative estimate of drug-likeness (QED) is 0.707. The average molecular weight is 267 g/mol. The van der Waals surface area contributed by atoms with Crippen molar-refractivity contribution in [2.75, 3.05) is 25.4 Å². The maximum atomic E-state index is 12.0. The molecule has 2 rings (SSSR count). The molecule has 0 saturated carbocycles. The minimum atomic E-state index is -0.351. The number of aliphatic hydroxyl groups is 1. The fourth-order valence-corrected chi connectivity index (χ4v) is 3.16. The minimum absolute atomic E-state index is 0. The van der Waals surface area contributed by atoms with E-state index in [2.05, 4.69) is 12.2 Å². The molecule has 3 atom stereocenters. The zero-order valence-corrected chi connectivity index (χ0v) is 11.0. The Morgan fingerprint density at radius 1 is 1.56 bits per heavy atom. The monoisotopic (exact) mass is 266 g/mol. The Labute approximate surface area is 107 Å². The lowest BCUT2D eigenvalue weighted by atomic mass is 10.1. The standard InChI is InChI=1S/C10H18N2O2S.ClH/c1-7-6-12(2-3-15-7)10(14)9-4-8(13)5-11-9;/h7-9,11,13H,2-6H2,1H3;1H/t7?,8-,9+;/m0./s1. The molecule has 2 aliphatic heterocycles. The third-order valence-electron chi connectivity index (χ3n) is 2.96. The highest BCUT2D eigenvalue weighted by Gasteiger charge is 2.32. The normalized spacial score (nSPS) is 34.6. The Morgan fingerprint density at radius 3 is 2.88 bits per heavy atom. The molecule has 1 amide bonds. The molecule has 0 aromatic carbocycles. The topological polar surface area (TPSA) is 52.6 Å². The summed E-state index contributed by atoms with van der Waals surface area (Å²) in [7, 11) is 0. The molecule has 0 aromatic heterocycles. The fraction of sp³-hybridized carbons (Fsp3) is 0.900. The zero-order chi connectivity index (χ0) is 10.8. The van der Waals surface area contributed by atoms with Gasteiger partial charge in [-0.2, -0.15) is 11.8 Å². The van der Waals surface area contributed by atoms with Crippen LogP contribution in [-0.4, -0.2) is 58.7 Å². The molecule has 2 aliphatic rings. The Kier molecular flexibility index (Phi) is 5.37. The largest absolute Gasteiger partial charge is 0.392 e. The predicted octanol–water partition coefficient (Wildman–Crippen LogP) is 0.0949. The SMILES string of the molecule is CC1CN(C(=O)[C@H]2C[C@H](O)CN2)CCS1.Cl. The molecule has 94 valence electrons. The van der Waals surface area contributed by atoms with Gasteiger partial charge in [-0.05, 0) is 6.42 Å². The van der Waals surface area contributed by atoms with Crippen LogP contribution in [0.3, 0.4) is 0 Å². The number of hydrogen-bond donors (Lipinski definition) is 2. The molecule has 0 bridgehead atoms. The molecule has 1 unspecified atom stereocenters. The molecule has 4 nitrogen and oxygen atoms in total. The predicted molar refractivity (Wildman–Crippen MR) is 68.2 cm³/mol. The van der Waals surface area contributed by atoms with Gasteiger partial charge in [0.2, 0.25) is 5.91 Å². The van der Waals surface area contributed by atoms with Crippen LogP contribution in [0.5, 0.6) is 0 Å². The van der Waals surface area contributed by atoms with Crippen LogP contribution < -0.4 is 5.32 Å². The molecule has 2 heterocycles. The van der Waals surface area contributed by atoms with Crippen LogP contribution in [0, 0.1) is 0 Å². The summed E-state index contributed by atoms with van der Waals surface area (Å²) in [4.78, 5) is 14.0. The Balaban J connectivity index is 0.00000128. The smallest absolute Gasteiger partial charge is 0.239 e. The van der Waals surface area contributed by atoms with E-state index in [-0.39, 0.29) is 30.5 Å². The number of nitrogens with one attached hydrogen (secondary N) is 1. The van der Waals surface area contributed by atoms with Gasteiger partial charge in [0.25, 0.3) is 0 Å². The van der Waals surface area contributed by atoms with Crippen LogP contribution in [0.25, 0.3) is 0 Å². The van der Waals surface area contributed by atoms with Crippen molar-refractivity contribution >= 4 is 30.1 Å². The van der Waals surface area contributed by atoms with E-state index in [0.717, 1.165) is 18.8 Å². The first kappa shape index (κ1) is 14.1. The molecule has 2 saturated heterocycles. The Bertz CT molecular complexity index is 255. The number of thioether (sulfide) groups is 1. The van der Waals surface area contributed by atoms with E-state index in [1.54, 1.807) is 0 Å². The van der Waals surface area contributed by atoms with Crippen LogP contribution in [-0.2, 0) is 4.79 Å². The van der Waals surface area contributed by atoms with Gasteiger partial charge in [-0.15, -0.1) is 12.4 Å². The summed E-state index contributed by atoms with van der Waals surface area (Å²) in [5.74, 6) is 1.20. The van der Waals surface area contributed by atoms with Crippen molar-refractivity contribution in [1.29, 1.82) is 0 Å². The van der Waals surface area contributed by atoms with Gasteiger partial charge in [0.05, 0.1) is 12.1 Å². The third kappa shape index (κ3) is 3.26. The van der Waals surface area contributed by atoms with Crippen LogP contribution in [0.1, 0.15) is 13.3 Å². The lowest BCUT2D eigenvalue weighted by molar-refractivity contribution is -0.133. The molecule has 0 aromatic rings. The number of halogens is 1. The molecule has 16 heavy (non-hydrogen) atoms. The molecule has 0 aliphatic carbocycles. The minimum Gasteiger partial charge on any atom is -0.392 e. The summed E-state index contributed by atoms with van der Waals surface area (Å²) in [6, 6.07) is -0.157. The first-order valence-corrected chi connectivity index (χ1v) is 6.53. The summed E-state index contributed by atoms with van der Waals surface area (Å²) in [6.45, 7) is 4.40. The van der Waals surface area contributed by atoms with Crippen LogP contribution in [0.15, 0.2) is 0 Å². The van der Waals surface area contributed by atoms with Crippen molar-refractivity contribution in [2.24, 2.45) is 0 Å². The molecule has 2 N–H and O–H groups in total. The zero-order valence-electron chi connectivity index (χ0n) is 9.39. The third-order valence-corrected chi connectivity index (χ3v) is 4.09. The van der Waals surface area contributed by atoms with Gasteiger partial charge in [-0.1, -0.05) is 6.92 Å². The summed E-state index contributed by atoms with van der Waals surface area (Å²) >= 11 is 1.92. The number of nitrogens with zero attached hydrogens (tertiary/aromatic N) is 1. The van der Waals surface area contributed by atoms with E-state index in [0.29, 0.717) is 18.2 Å². The van der Waals surface area contributed by atoms with Gasteiger partial charge in [0.15, 0.2) is 0 Å². The summed E-state index contributed by atoms with van der Waals surface area (Å²) in [5, 5.41) is 13.0. The van der Waals surface area contributed by atoms with Crippen molar-refractivity contribution < 1.29 is 9.90 Å². The second-order valence-corrected chi connectivity index (χ2v) is 5.86. The number of carbonyl (C=O) groups excluding carboxylic acids is 1. The number of β-amino-alcohol motifs (C(OH)–C–C–N with tert-alkyl or cyclic N) is 1.